The first-order valence-electron chi connectivity index (χ1n) is 11.7. The molecule has 0 aliphatic carbocycles. The molecule has 0 saturated carbocycles. The lowest BCUT2D eigenvalue weighted by Crippen LogP contribution is -2.35. The first-order valence-corrected chi connectivity index (χ1v) is 11.7. The van der Waals surface area contributed by atoms with Crippen molar-refractivity contribution in [2.75, 3.05) is 18.0 Å². The minimum absolute atomic E-state index is 0. The number of rotatable bonds is 5. The molecule has 172 valence electrons. The van der Waals surface area contributed by atoms with Crippen molar-refractivity contribution in [3.8, 4) is 16.9 Å². The topological polar surface area (TPSA) is 66.3 Å². The predicted molar refractivity (Wildman–Crippen MR) is 136 cm³/mol. The summed E-state index contributed by atoms with van der Waals surface area (Å²) >= 11 is 0. The van der Waals surface area contributed by atoms with Crippen molar-refractivity contribution in [1.29, 1.82) is 0 Å². The molecule has 1 saturated heterocycles. The Kier molecular flexibility index (Phi) is 6.09. The van der Waals surface area contributed by atoms with E-state index in [-0.39, 0.29) is 13.0 Å². The maximum Gasteiger partial charge on any atom is 0.213 e. The number of phenolic OH excluding ortho intramolecular Hbond substituents is 1. The Bertz CT molecular complexity index is 1330. The van der Waals surface area contributed by atoms with Crippen LogP contribution in [0.4, 0.5) is 5.82 Å². The van der Waals surface area contributed by atoms with E-state index in [0.717, 1.165) is 31.7 Å². The van der Waals surface area contributed by atoms with Gasteiger partial charge in [0.15, 0.2) is 0 Å². The van der Waals surface area contributed by atoms with Gasteiger partial charge in [-0.25, -0.2) is 4.98 Å². The number of aromatic nitrogens is 2. The van der Waals surface area contributed by atoms with Crippen molar-refractivity contribution in [1.82, 2.24) is 9.97 Å². The van der Waals surface area contributed by atoms with Gasteiger partial charge in [0.1, 0.15) is 17.3 Å². The number of pyridine rings is 2. The summed E-state index contributed by atoms with van der Waals surface area (Å²) < 4.78 is 0. The SMILES string of the molecule is Cc1ncc(-c2ccccc2O)cc1C(=O)c1cccc(N2CCCC(c3ccccc3)C2)n1.[HH]. The zero-order valence-corrected chi connectivity index (χ0v) is 19.2. The first kappa shape index (κ1) is 21.8. The number of hydrogen-bond acceptors (Lipinski definition) is 5. The quantitative estimate of drug-likeness (QED) is 0.376. The molecule has 5 heteroatoms. The van der Waals surface area contributed by atoms with Gasteiger partial charge in [-0.1, -0.05) is 54.6 Å². The molecular weight excluding hydrogens is 422 g/mol. The van der Waals surface area contributed by atoms with Crippen LogP contribution in [0.2, 0.25) is 0 Å². The molecule has 4 aromatic rings. The lowest BCUT2D eigenvalue weighted by atomic mass is 9.90. The fourth-order valence-electron chi connectivity index (χ4n) is 4.67. The van der Waals surface area contributed by atoms with Crippen LogP contribution in [0.15, 0.2) is 85.1 Å². The highest BCUT2D eigenvalue weighted by Crippen LogP contribution is 2.31. The van der Waals surface area contributed by atoms with Crippen LogP contribution in [0.1, 0.15) is 47.5 Å². The van der Waals surface area contributed by atoms with Crippen molar-refractivity contribution >= 4 is 11.6 Å². The lowest BCUT2D eigenvalue weighted by Gasteiger charge is -2.34. The summed E-state index contributed by atoms with van der Waals surface area (Å²) in [6.07, 6.45) is 3.93. The molecule has 5 rings (SSSR count). The van der Waals surface area contributed by atoms with Gasteiger partial charge in [-0.2, -0.15) is 0 Å². The van der Waals surface area contributed by atoms with Gasteiger partial charge in [-0.05, 0) is 49.6 Å². The van der Waals surface area contributed by atoms with Gasteiger partial charge in [0.2, 0.25) is 5.78 Å². The molecular formula is C29H29N3O2. The molecule has 1 aliphatic rings. The molecule has 0 radical (unpaired) electrons. The highest BCUT2D eigenvalue weighted by Gasteiger charge is 2.23. The zero-order chi connectivity index (χ0) is 23.5. The number of anilines is 1. The van der Waals surface area contributed by atoms with Crippen LogP contribution in [-0.4, -0.2) is 33.9 Å². The normalized spacial score (nSPS) is 15.8. The van der Waals surface area contributed by atoms with Crippen molar-refractivity contribution in [2.24, 2.45) is 0 Å². The smallest absolute Gasteiger partial charge is 0.213 e. The van der Waals surface area contributed by atoms with Gasteiger partial charge < -0.3 is 10.0 Å². The average Bonchev–Trinajstić information content (AvgIpc) is 2.90. The number of ketones is 1. The molecule has 1 aliphatic heterocycles. The number of carbonyl (C=O) groups is 1. The molecule has 0 spiro atoms. The number of nitrogens with zero attached hydrogens (tertiary/aromatic N) is 3. The number of para-hydroxylation sites is 1. The van der Waals surface area contributed by atoms with Gasteiger partial charge in [-0.15, -0.1) is 0 Å². The van der Waals surface area contributed by atoms with E-state index in [1.165, 1.54) is 5.56 Å². The van der Waals surface area contributed by atoms with E-state index < -0.39 is 0 Å². The summed E-state index contributed by atoms with van der Waals surface area (Å²) in [6.45, 7) is 3.64. The van der Waals surface area contributed by atoms with Crippen LogP contribution in [-0.2, 0) is 0 Å². The molecule has 1 N–H and O–H groups in total. The Labute approximate surface area is 201 Å². The van der Waals surface area contributed by atoms with E-state index in [4.69, 9.17) is 4.98 Å². The molecule has 2 aromatic carbocycles. The third-order valence-electron chi connectivity index (χ3n) is 6.53. The molecule has 1 fully saturated rings. The molecule has 0 bridgehead atoms. The highest BCUT2D eigenvalue weighted by molar-refractivity contribution is 6.09. The van der Waals surface area contributed by atoms with Crippen molar-refractivity contribution in [3.63, 3.8) is 0 Å². The Hall–Kier alpha value is -3.99. The second kappa shape index (κ2) is 9.48. The van der Waals surface area contributed by atoms with Crippen molar-refractivity contribution in [3.05, 3.63) is 108 Å². The molecule has 3 heterocycles. The molecule has 0 amide bonds. The fourth-order valence-corrected chi connectivity index (χ4v) is 4.67. The molecule has 2 aromatic heterocycles. The van der Waals surface area contributed by atoms with Crippen LogP contribution in [0, 0.1) is 6.92 Å². The largest absolute Gasteiger partial charge is 0.507 e. The number of piperidine rings is 1. The summed E-state index contributed by atoms with van der Waals surface area (Å²) in [5, 5.41) is 10.2. The van der Waals surface area contributed by atoms with Gasteiger partial charge >= 0.3 is 0 Å². The second-order valence-corrected chi connectivity index (χ2v) is 8.78. The van der Waals surface area contributed by atoms with E-state index in [0.29, 0.717) is 34.0 Å². The van der Waals surface area contributed by atoms with Crippen LogP contribution >= 0.6 is 0 Å². The minimum atomic E-state index is -0.166. The zero-order valence-electron chi connectivity index (χ0n) is 19.2. The summed E-state index contributed by atoms with van der Waals surface area (Å²) in [6, 6.07) is 25.1. The van der Waals surface area contributed by atoms with Crippen LogP contribution in [0.5, 0.6) is 5.75 Å². The standard InChI is InChI=1S/C29H27N3O2.H2/c1-20-25(17-23(18-30-20)24-12-5-6-14-27(24)33)29(34)26-13-7-15-28(31-26)32-16-8-11-22(19-32)21-9-3-2-4-10-21;/h2-7,9-10,12-15,17-18,22,33H,8,11,16,19H2,1H3;1H. The monoisotopic (exact) mass is 451 g/mol. The summed E-state index contributed by atoms with van der Waals surface area (Å²) in [4.78, 5) is 24.9. The van der Waals surface area contributed by atoms with Gasteiger partial charge in [0, 0.05) is 49.0 Å². The van der Waals surface area contributed by atoms with Crippen molar-refractivity contribution in [2.45, 2.75) is 25.7 Å². The number of benzene rings is 2. The summed E-state index contributed by atoms with van der Waals surface area (Å²) in [7, 11) is 0. The fraction of sp³-hybridized carbons (Fsp3) is 0.207. The Morgan fingerprint density at radius 1 is 1.03 bits per heavy atom. The Morgan fingerprint density at radius 3 is 2.65 bits per heavy atom. The first-order chi connectivity index (χ1) is 16.6. The summed E-state index contributed by atoms with van der Waals surface area (Å²) in [5.41, 5.74) is 4.22. The van der Waals surface area contributed by atoms with Crippen LogP contribution < -0.4 is 4.90 Å². The number of aryl methyl sites for hydroxylation is 1. The maximum absolute atomic E-state index is 13.5. The number of carbonyl (C=O) groups excluding carboxylic acids is 1. The number of phenols is 1. The molecule has 5 nitrogen and oxygen atoms in total. The number of aromatic hydroxyl groups is 1. The lowest BCUT2D eigenvalue weighted by molar-refractivity contribution is 0.103. The molecule has 1 unspecified atom stereocenters. The van der Waals surface area contributed by atoms with E-state index >= 15 is 0 Å². The maximum atomic E-state index is 13.5. The van der Waals surface area contributed by atoms with Crippen LogP contribution in [0.3, 0.4) is 0 Å². The third kappa shape index (κ3) is 4.42. The van der Waals surface area contributed by atoms with E-state index in [2.05, 4.69) is 34.1 Å². The average molecular weight is 452 g/mol. The highest BCUT2D eigenvalue weighted by atomic mass is 16.3. The van der Waals surface area contributed by atoms with Crippen molar-refractivity contribution < 1.29 is 11.3 Å². The van der Waals surface area contributed by atoms with E-state index in [9.17, 15) is 9.90 Å². The Balaban J connectivity index is 0.00000289. The number of hydrogen-bond donors (Lipinski definition) is 1. The van der Waals surface area contributed by atoms with Gasteiger partial charge in [0.05, 0.1) is 0 Å². The molecule has 34 heavy (non-hydrogen) atoms. The van der Waals surface area contributed by atoms with Gasteiger partial charge in [-0.3, -0.25) is 9.78 Å². The Morgan fingerprint density at radius 2 is 1.82 bits per heavy atom. The van der Waals surface area contributed by atoms with Crippen LogP contribution in [0.25, 0.3) is 11.1 Å². The second-order valence-electron chi connectivity index (χ2n) is 8.78. The third-order valence-corrected chi connectivity index (χ3v) is 6.53. The minimum Gasteiger partial charge on any atom is -0.507 e. The molecule has 1 atom stereocenters. The van der Waals surface area contributed by atoms with E-state index in [1.807, 2.05) is 37.3 Å². The van der Waals surface area contributed by atoms with E-state index in [1.54, 1.807) is 30.5 Å². The summed E-state index contributed by atoms with van der Waals surface area (Å²) in [5.74, 6) is 1.28. The van der Waals surface area contributed by atoms with Gasteiger partial charge in [0.25, 0.3) is 0 Å². The predicted octanol–water partition coefficient (Wildman–Crippen LogP) is 6.02.